The third-order valence-electron chi connectivity index (χ3n) is 4.30. The summed E-state index contributed by atoms with van der Waals surface area (Å²) in [6.07, 6.45) is 2.34. The summed E-state index contributed by atoms with van der Waals surface area (Å²) in [6.45, 7) is 7.97. The molecule has 0 saturated carbocycles. The highest BCUT2D eigenvalue weighted by atomic mass is 16.5. The highest BCUT2D eigenvalue weighted by Crippen LogP contribution is 2.22. The Morgan fingerprint density at radius 3 is 2.42 bits per heavy atom. The first-order valence-corrected chi connectivity index (χ1v) is 8.88. The number of aromatic nitrogens is 1. The van der Waals surface area contributed by atoms with E-state index in [1.165, 1.54) is 21.8 Å². The number of nitrogens with one attached hydrogen (secondary N) is 1. The van der Waals surface area contributed by atoms with Gasteiger partial charge in [-0.25, -0.2) is 0 Å². The van der Waals surface area contributed by atoms with Crippen LogP contribution in [0.2, 0.25) is 0 Å². The molecule has 1 N–H and O–H groups in total. The quantitative estimate of drug-likeness (QED) is 0.830. The summed E-state index contributed by atoms with van der Waals surface area (Å²) in [5.41, 5.74) is 2.95. The van der Waals surface area contributed by atoms with Crippen LogP contribution >= 0.6 is 0 Å². The second-order valence-corrected chi connectivity index (χ2v) is 7.40. The van der Waals surface area contributed by atoms with Crippen LogP contribution in [0.3, 0.4) is 0 Å². The number of nitrogens with zero attached hydrogens (tertiary/aromatic N) is 1. The van der Waals surface area contributed by atoms with E-state index in [0.29, 0.717) is 25.3 Å². The molecule has 0 aliphatic rings. The van der Waals surface area contributed by atoms with Crippen molar-refractivity contribution in [2.24, 2.45) is 0 Å². The van der Waals surface area contributed by atoms with Gasteiger partial charge in [-0.15, -0.1) is 0 Å². The molecule has 5 heteroatoms. The first-order chi connectivity index (χ1) is 12.3. The van der Waals surface area contributed by atoms with Crippen molar-refractivity contribution in [2.75, 3.05) is 20.3 Å². The molecule has 2 rings (SSSR count). The number of ether oxygens (including phenoxy) is 1. The van der Waals surface area contributed by atoms with Gasteiger partial charge in [0.15, 0.2) is 0 Å². The van der Waals surface area contributed by atoms with Crippen LogP contribution in [0.15, 0.2) is 47.4 Å². The van der Waals surface area contributed by atoms with Gasteiger partial charge in [0.05, 0.1) is 12.2 Å². The Hall–Kier alpha value is -2.40. The van der Waals surface area contributed by atoms with Gasteiger partial charge in [-0.3, -0.25) is 9.59 Å². The molecule has 0 fully saturated rings. The molecule has 0 unspecified atom stereocenters. The first kappa shape index (κ1) is 19.9. The van der Waals surface area contributed by atoms with Crippen molar-refractivity contribution in [2.45, 2.75) is 39.2 Å². The first-order valence-electron chi connectivity index (χ1n) is 8.88. The second kappa shape index (κ2) is 8.81. The van der Waals surface area contributed by atoms with Crippen LogP contribution < -0.4 is 10.9 Å². The molecule has 140 valence electrons. The fourth-order valence-electron chi connectivity index (χ4n) is 2.62. The van der Waals surface area contributed by atoms with E-state index < -0.39 is 0 Å². The summed E-state index contributed by atoms with van der Waals surface area (Å²) in [5, 5.41) is 2.91. The molecule has 1 amide bonds. The molecule has 0 radical (unpaired) electrons. The van der Waals surface area contributed by atoms with Crippen molar-refractivity contribution in [3.8, 4) is 0 Å². The monoisotopic (exact) mass is 356 g/mol. The van der Waals surface area contributed by atoms with Gasteiger partial charge in [0.25, 0.3) is 11.5 Å². The van der Waals surface area contributed by atoms with Crippen molar-refractivity contribution < 1.29 is 9.53 Å². The van der Waals surface area contributed by atoms with Crippen LogP contribution in [0, 0.1) is 0 Å². The summed E-state index contributed by atoms with van der Waals surface area (Å²) in [6, 6.07) is 11.5. The Kier molecular flexibility index (Phi) is 6.75. The number of carbonyl (C=O) groups is 1. The van der Waals surface area contributed by atoms with Crippen molar-refractivity contribution in [3.63, 3.8) is 0 Å². The van der Waals surface area contributed by atoms with Crippen LogP contribution in [0.4, 0.5) is 0 Å². The van der Waals surface area contributed by atoms with Crippen molar-refractivity contribution in [1.82, 2.24) is 9.88 Å². The average Bonchev–Trinajstić information content (AvgIpc) is 2.60. The molecule has 0 atom stereocenters. The van der Waals surface area contributed by atoms with Gasteiger partial charge in [0.1, 0.15) is 0 Å². The van der Waals surface area contributed by atoms with Gasteiger partial charge < -0.3 is 14.6 Å². The van der Waals surface area contributed by atoms with Gasteiger partial charge in [-0.1, -0.05) is 45.0 Å². The van der Waals surface area contributed by atoms with E-state index in [4.69, 9.17) is 4.74 Å². The molecule has 5 nitrogen and oxygen atoms in total. The zero-order valence-electron chi connectivity index (χ0n) is 16.0. The molecule has 0 aliphatic heterocycles. The lowest BCUT2D eigenvalue weighted by Crippen LogP contribution is -2.28. The number of carbonyl (C=O) groups excluding carboxylic acids is 1. The Labute approximate surface area is 155 Å². The second-order valence-electron chi connectivity index (χ2n) is 7.40. The van der Waals surface area contributed by atoms with Gasteiger partial charge in [0, 0.05) is 32.5 Å². The molecule has 1 aromatic carbocycles. The molecule has 0 saturated heterocycles. The van der Waals surface area contributed by atoms with E-state index in [9.17, 15) is 9.59 Å². The number of hydrogen-bond donors (Lipinski definition) is 1. The maximum atomic E-state index is 12.3. The number of pyridine rings is 1. The van der Waals surface area contributed by atoms with Gasteiger partial charge >= 0.3 is 0 Å². The Morgan fingerprint density at radius 2 is 1.81 bits per heavy atom. The molecule has 1 heterocycles. The summed E-state index contributed by atoms with van der Waals surface area (Å²) >= 11 is 0. The lowest BCUT2D eigenvalue weighted by molar-refractivity contribution is 0.0953. The third-order valence-corrected chi connectivity index (χ3v) is 4.30. The number of rotatable bonds is 7. The molecule has 0 spiro atoms. The van der Waals surface area contributed by atoms with Gasteiger partial charge in [-0.05, 0) is 29.0 Å². The predicted molar refractivity (Wildman–Crippen MR) is 104 cm³/mol. The van der Waals surface area contributed by atoms with Crippen LogP contribution in [0.1, 0.15) is 42.3 Å². The zero-order chi connectivity index (χ0) is 19.2. The molecular formula is C21H28N2O3. The Balaban J connectivity index is 1.91. The molecule has 0 bridgehead atoms. The maximum absolute atomic E-state index is 12.3. The summed E-state index contributed by atoms with van der Waals surface area (Å²) in [7, 11) is 1.58. The van der Waals surface area contributed by atoms with E-state index in [-0.39, 0.29) is 16.9 Å². The number of methoxy groups -OCH3 is 1. The Morgan fingerprint density at radius 1 is 1.12 bits per heavy atom. The molecule has 26 heavy (non-hydrogen) atoms. The zero-order valence-corrected chi connectivity index (χ0v) is 16.0. The lowest BCUT2D eigenvalue weighted by atomic mass is 9.86. The molecule has 2 aromatic rings. The maximum Gasteiger partial charge on any atom is 0.252 e. The molecular weight excluding hydrogens is 328 g/mol. The smallest absolute Gasteiger partial charge is 0.252 e. The largest absolute Gasteiger partial charge is 0.383 e. The SMILES string of the molecule is COCCn1cc(C(=O)NCCc2ccc(C(C)(C)C)cc2)ccc1=O. The fourth-order valence-corrected chi connectivity index (χ4v) is 2.62. The van der Waals surface area contributed by atoms with Gasteiger partial charge in [-0.2, -0.15) is 0 Å². The minimum absolute atomic E-state index is 0.138. The van der Waals surface area contributed by atoms with E-state index in [2.05, 4.69) is 50.4 Å². The molecule has 1 aromatic heterocycles. The van der Waals surface area contributed by atoms with Crippen LogP contribution in [0.5, 0.6) is 0 Å². The van der Waals surface area contributed by atoms with E-state index >= 15 is 0 Å². The van der Waals surface area contributed by atoms with Crippen LogP contribution in [-0.4, -0.2) is 30.7 Å². The van der Waals surface area contributed by atoms with E-state index in [1.54, 1.807) is 19.4 Å². The normalized spacial score (nSPS) is 11.4. The third kappa shape index (κ3) is 5.56. The Bertz CT molecular complexity index is 786. The number of benzene rings is 1. The predicted octanol–water partition coefficient (Wildman–Crippen LogP) is 2.76. The van der Waals surface area contributed by atoms with Crippen molar-refractivity contribution in [3.05, 3.63) is 69.6 Å². The van der Waals surface area contributed by atoms with Crippen LogP contribution in [-0.2, 0) is 23.1 Å². The number of hydrogen-bond acceptors (Lipinski definition) is 3. The standard InChI is InChI=1S/C21H28N2O3/c1-21(2,3)18-8-5-16(6-9-18)11-12-22-20(25)17-7-10-19(24)23(15-17)13-14-26-4/h5-10,15H,11-14H2,1-4H3,(H,22,25). The number of amides is 1. The summed E-state index contributed by atoms with van der Waals surface area (Å²) in [4.78, 5) is 24.1. The fraction of sp³-hybridized carbons (Fsp3) is 0.429. The highest BCUT2D eigenvalue weighted by Gasteiger charge is 2.13. The van der Waals surface area contributed by atoms with Crippen LogP contribution in [0.25, 0.3) is 0 Å². The lowest BCUT2D eigenvalue weighted by Gasteiger charge is -2.19. The summed E-state index contributed by atoms with van der Waals surface area (Å²) in [5.74, 6) is -0.178. The highest BCUT2D eigenvalue weighted by molar-refractivity contribution is 5.93. The van der Waals surface area contributed by atoms with E-state index in [1.807, 2.05) is 0 Å². The van der Waals surface area contributed by atoms with Crippen molar-refractivity contribution in [1.29, 1.82) is 0 Å². The van der Waals surface area contributed by atoms with Gasteiger partial charge in [0.2, 0.25) is 0 Å². The molecule has 0 aliphatic carbocycles. The topological polar surface area (TPSA) is 60.3 Å². The minimum atomic E-state index is -0.178. The summed E-state index contributed by atoms with van der Waals surface area (Å²) < 4.78 is 6.47. The van der Waals surface area contributed by atoms with Crippen molar-refractivity contribution >= 4 is 5.91 Å². The van der Waals surface area contributed by atoms with E-state index in [0.717, 1.165) is 6.42 Å². The minimum Gasteiger partial charge on any atom is -0.383 e. The average molecular weight is 356 g/mol.